The van der Waals surface area contributed by atoms with Crippen molar-refractivity contribution in [3.05, 3.63) is 53.0 Å². The molecule has 2 rings (SSSR count). The summed E-state index contributed by atoms with van der Waals surface area (Å²) in [7, 11) is 0. The monoisotopic (exact) mass is 314 g/mol. The summed E-state index contributed by atoms with van der Waals surface area (Å²) < 4.78 is 56.5. The van der Waals surface area contributed by atoms with Crippen LogP contribution in [-0.2, 0) is 11.0 Å². The van der Waals surface area contributed by atoms with Crippen LogP contribution in [0.5, 0.6) is 0 Å². The van der Waals surface area contributed by atoms with Crippen molar-refractivity contribution in [2.24, 2.45) is 0 Å². The Bertz CT molecular complexity index is 741. The number of rotatable bonds is 3. The number of hydrogen-bond acceptors (Lipinski definition) is 2. The maximum Gasteiger partial charge on any atom is 0.419 e. The van der Waals surface area contributed by atoms with Gasteiger partial charge in [0.15, 0.2) is 0 Å². The Morgan fingerprint density at radius 3 is 2.50 bits per heavy atom. The number of benzene rings is 1. The van der Waals surface area contributed by atoms with Crippen molar-refractivity contribution < 1.29 is 31.9 Å². The first-order valence-corrected chi connectivity index (χ1v) is 6.07. The molecule has 0 atom stereocenters. The summed E-state index contributed by atoms with van der Waals surface area (Å²) in [4.78, 5) is 10.7. The summed E-state index contributed by atoms with van der Waals surface area (Å²) in [6.45, 7) is 1.35. The molecule has 0 unspecified atom stereocenters. The van der Waals surface area contributed by atoms with E-state index in [1.807, 2.05) is 0 Å². The SMILES string of the molecule is C/C(=C\c1ccc(-c2ccc(F)c(C(F)(F)F)c2)o1)C(=O)O. The Labute approximate surface area is 122 Å². The molecule has 0 aliphatic carbocycles. The zero-order valence-electron chi connectivity index (χ0n) is 11.2. The number of hydrogen-bond donors (Lipinski definition) is 1. The van der Waals surface area contributed by atoms with E-state index in [0.717, 1.165) is 6.07 Å². The minimum Gasteiger partial charge on any atom is -0.478 e. The van der Waals surface area contributed by atoms with Crippen molar-refractivity contribution in [2.45, 2.75) is 13.1 Å². The second-order valence-corrected chi connectivity index (χ2v) is 4.53. The van der Waals surface area contributed by atoms with Crippen LogP contribution < -0.4 is 0 Å². The third-order valence-electron chi connectivity index (χ3n) is 2.88. The molecule has 0 saturated carbocycles. The highest BCUT2D eigenvalue weighted by Crippen LogP contribution is 2.34. The topological polar surface area (TPSA) is 50.4 Å². The Morgan fingerprint density at radius 2 is 1.91 bits per heavy atom. The van der Waals surface area contributed by atoms with E-state index in [1.165, 1.54) is 25.1 Å². The maximum absolute atomic E-state index is 13.2. The Balaban J connectivity index is 2.40. The zero-order valence-corrected chi connectivity index (χ0v) is 11.2. The van der Waals surface area contributed by atoms with Crippen LogP contribution in [0.3, 0.4) is 0 Å². The fourth-order valence-electron chi connectivity index (χ4n) is 1.76. The third kappa shape index (κ3) is 3.36. The van der Waals surface area contributed by atoms with E-state index in [0.29, 0.717) is 12.1 Å². The molecule has 1 aromatic heterocycles. The summed E-state index contributed by atoms with van der Waals surface area (Å²) in [6.07, 6.45) is -3.57. The third-order valence-corrected chi connectivity index (χ3v) is 2.88. The lowest BCUT2D eigenvalue weighted by molar-refractivity contribution is -0.140. The minimum absolute atomic E-state index is 0.0102. The highest BCUT2D eigenvalue weighted by molar-refractivity contribution is 5.91. The van der Waals surface area contributed by atoms with Gasteiger partial charge in [0, 0.05) is 11.1 Å². The lowest BCUT2D eigenvalue weighted by atomic mass is 10.1. The number of halogens is 4. The predicted molar refractivity (Wildman–Crippen MR) is 70.4 cm³/mol. The highest BCUT2D eigenvalue weighted by Gasteiger charge is 2.34. The van der Waals surface area contributed by atoms with E-state index < -0.39 is 23.5 Å². The molecule has 0 radical (unpaired) electrons. The van der Waals surface area contributed by atoms with Crippen LogP contribution in [0.4, 0.5) is 17.6 Å². The van der Waals surface area contributed by atoms with Gasteiger partial charge >= 0.3 is 12.1 Å². The number of carbonyl (C=O) groups is 1. The highest BCUT2D eigenvalue weighted by atomic mass is 19.4. The first-order chi connectivity index (χ1) is 10.2. The molecule has 2 aromatic rings. The Hall–Kier alpha value is -2.57. The Kier molecular flexibility index (Phi) is 4.07. The van der Waals surface area contributed by atoms with Gasteiger partial charge in [0.25, 0.3) is 0 Å². The summed E-state index contributed by atoms with van der Waals surface area (Å²) in [5, 5.41) is 8.75. The Morgan fingerprint density at radius 1 is 1.23 bits per heavy atom. The van der Waals surface area contributed by atoms with E-state index >= 15 is 0 Å². The molecule has 0 bridgehead atoms. The average Bonchev–Trinajstić information content (AvgIpc) is 2.86. The van der Waals surface area contributed by atoms with Gasteiger partial charge in [-0.1, -0.05) is 0 Å². The van der Waals surface area contributed by atoms with Gasteiger partial charge in [0.1, 0.15) is 17.3 Å². The van der Waals surface area contributed by atoms with Crippen molar-refractivity contribution in [2.75, 3.05) is 0 Å². The van der Waals surface area contributed by atoms with Gasteiger partial charge in [-0.25, -0.2) is 9.18 Å². The van der Waals surface area contributed by atoms with Gasteiger partial charge in [-0.15, -0.1) is 0 Å². The summed E-state index contributed by atoms with van der Waals surface area (Å²) in [5.41, 5.74) is -1.34. The van der Waals surface area contributed by atoms with Crippen LogP contribution in [0.2, 0.25) is 0 Å². The smallest absolute Gasteiger partial charge is 0.419 e. The molecule has 7 heteroatoms. The first kappa shape index (κ1) is 15.8. The van der Waals surface area contributed by atoms with Crippen molar-refractivity contribution in [3.8, 4) is 11.3 Å². The predicted octanol–water partition coefficient (Wildman–Crippen LogP) is 4.59. The zero-order chi connectivity index (χ0) is 16.5. The molecule has 0 fully saturated rings. The molecule has 116 valence electrons. The molecule has 1 N–H and O–H groups in total. The van der Waals surface area contributed by atoms with Crippen LogP contribution in [-0.4, -0.2) is 11.1 Å². The largest absolute Gasteiger partial charge is 0.478 e. The quantitative estimate of drug-likeness (QED) is 0.666. The lowest BCUT2D eigenvalue weighted by Gasteiger charge is -2.08. The van der Waals surface area contributed by atoms with E-state index in [-0.39, 0.29) is 22.7 Å². The molecule has 0 saturated heterocycles. The van der Waals surface area contributed by atoms with E-state index in [1.54, 1.807) is 0 Å². The van der Waals surface area contributed by atoms with Gasteiger partial charge in [-0.05, 0) is 43.3 Å². The number of carboxylic acids is 1. The normalized spacial score (nSPS) is 12.5. The molecular weight excluding hydrogens is 304 g/mol. The van der Waals surface area contributed by atoms with E-state index in [4.69, 9.17) is 9.52 Å². The molecule has 0 aliphatic rings. The number of carboxylic acid groups (broad SMARTS) is 1. The van der Waals surface area contributed by atoms with Gasteiger partial charge in [-0.2, -0.15) is 13.2 Å². The molecule has 0 spiro atoms. The summed E-state index contributed by atoms with van der Waals surface area (Å²) in [5.74, 6) is -2.26. The van der Waals surface area contributed by atoms with Crippen LogP contribution in [0, 0.1) is 5.82 Å². The average molecular weight is 314 g/mol. The molecule has 0 aliphatic heterocycles. The van der Waals surface area contributed by atoms with Gasteiger partial charge in [0.2, 0.25) is 0 Å². The van der Waals surface area contributed by atoms with Crippen LogP contribution in [0.15, 0.2) is 40.3 Å². The fourth-order valence-corrected chi connectivity index (χ4v) is 1.76. The second kappa shape index (κ2) is 5.67. The van der Waals surface area contributed by atoms with Gasteiger partial charge in [0.05, 0.1) is 5.56 Å². The first-order valence-electron chi connectivity index (χ1n) is 6.07. The summed E-state index contributed by atoms with van der Waals surface area (Å²) in [6, 6.07) is 5.30. The molecule has 22 heavy (non-hydrogen) atoms. The van der Waals surface area contributed by atoms with Crippen LogP contribution >= 0.6 is 0 Å². The molecule has 1 heterocycles. The van der Waals surface area contributed by atoms with Crippen LogP contribution in [0.25, 0.3) is 17.4 Å². The lowest BCUT2D eigenvalue weighted by Crippen LogP contribution is -2.08. The standard InChI is InChI=1S/C15H10F4O3/c1-8(14(20)21)6-10-3-5-13(22-10)9-2-4-12(16)11(7-9)15(17,18)19/h2-7H,1H3,(H,20,21)/b8-6+. The number of alkyl halides is 3. The molecule has 0 amide bonds. The number of furan rings is 1. The van der Waals surface area contributed by atoms with Crippen molar-refractivity contribution in [3.63, 3.8) is 0 Å². The van der Waals surface area contributed by atoms with Crippen molar-refractivity contribution in [1.82, 2.24) is 0 Å². The fraction of sp³-hybridized carbons (Fsp3) is 0.133. The molecule has 1 aromatic carbocycles. The minimum atomic E-state index is -4.81. The van der Waals surface area contributed by atoms with E-state index in [9.17, 15) is 22.4 Å². The van der Waals surface area contributed by atoms with Gasteiger partial charge < -0.3 is 9.52 Å². The van der Waals surface area contributed by atoms with Gasteiger partial charge in [-0.3, -0.25) is 0 Å². The van der Waals surface area contributed by atoms with E-state index in [2.05, 4.69) is 0 Å². The van der Waals surface area contributed by atoms with Crippen LogP contribution in [0.1, 0.15) is 18.2 Å². The van der Waals surface area contributed by atoms with Crippen molar-refractivity contribution in [1.29, 1.82) is 0 Å². The molecular formula is C15H10F4O3. The molecule has 3 nitrogen and oxygen atoms in total. The summed E-state index contributed by atoms with van der Waals surface area (Å²) >= 11 is 0. The van der Waals surface area contributed by atoms with Crippen molar-refractivity contribution >= 4 is 12.0 Å². The number of aliphatic carboxylic acids is 1. The second-order valence-electron chi connectivity index (χ2n) is 4.53. The maximum atomic E-state index is 13.2.